The molecule has 2 saturated heterocycles. The van der Waals surface area contributed by atoms with E-state index in [1.807, 2.05) is 0 Å². The van der Waals surface area contributed by atoms with E-state index in [4.69, 9.17) is 28.4 Å². The lowest BCUT2D eigenvalue weighted by Crippen LogP contribution is -2.61. The van der Waals surface area contributed by atoms with Crippen molar-refractivity contribution < 1.29 is 73.8 Å². The van der Waals surface area contributed by atoms with E-state index in [9.17, 15) is 45.3 Å². The summed E-state index contributed by atoms with van der Waals surface area (Å²) >= 11 is 0. The molecule has 0 aromatic carbocycles. The Bertz CT molecular complexity index is 1320. The van der Waals surface area contributed by atoms with Gasteiger partial charge in [0.25, 0.3) is 0 Å². The lowest BCUT2D eigenvalue weighted by Gasteiger charge is -2.42. The van der Waals surface area contributed by atoms with Crippen molar-refractivity contribution in [2.24, 2.45) is 0 Å². The van der Waals surface area contributed by atoms with Crippen molar-refractivity contribution >= 4 is 11.9 Å². The first-order valence-electron chi connectivity index (χ1n) is 29.8. The predicted octanol–water partition coefficient (Wildman–Crippen LogP) is 10.1. The Morgan fingerprint density at radius 3 is 1.21 bits per heavy atom. The molecule has 0 bridgehead atoms. The molecule has 0 aromatic heterocycles. The Kier molecular flexibility index (Phi) is 41.8. The van der Waals surface area contributed by atoms with E-state index < -0.39 is 92.7 Å². The van der Waals surface area contributed by atoms with Crippen LogP contribution in [0.2, 0.25) is 0 Å². The number of hydrogen-bond acceptors (Lipinski definition) is 15. The summed E-state index contributed by atoms with van der Waals surface area (Å²) < 4.78 is 33.7. The van der Waals surface area contributed by atoms with Crippen molar-refractivity contribution in [3.8, 4) is 0 Å². The van der Waals surface area contributed by atoms with Gasteiger partial charge in [0.05, 0.1) is 19.8 Å². The maximum Gasteiger partial charge on any atom is 0.306 e. The van der Waals surface area contributed by atoms with E-state index >= 15 is 0 Å². The van der Waals surface area contributed by atoms with E-state index in [-0.39, 0.29) is 26.1 Å². The molecule has 0 aromatic rings. The van der Waals surface area contributed by atoms with Crippen LogP contribution in [0.5, 0.6) is 0 Å². The fraction of sp³-hybridized carbons (Fsp3) is 0.931. The average molecular weight is 1050 g/mol. The normalized spacial score (nSPS) is 24.8. The van der Waals surface area contributed by atoms with E-state index in [1.165, 1.54) is 154 Å². The molecule has 0 radical (unpaired) electrons. The van der Waals surface area contributed by atoms with Crippen LogP contribution in [0, 0.1) is 0 Å². The second-order valence-electron chi connectivity index (χ2n) is 21.2. The highest BCUT2D eigenvalue weighted by Crippen LogP contribution is 2.27. The van der Waals surface area contributed by atoms with Gasteiger partial charge in [0, 0.05) is 12.8 Å². The Morgan fingerprint density at radius 2 is 0.781 bits per heavy atom. The molecule has 7 N–H and O–H groups in total. The third-order valence-electron chi connectivity index (χ3n) is 14.5. The van der Waals surface area contributed by atoms with Crippen LogP contribution in [-0.4, -0.2) is 142 Å². The maximum atomic E-state index is 13.0. The van der Waals surface area contributed by atoms with Gasteiger partial charge < -0.3 is 64.2 Å². The van der Waals surface area contributed by atoms with Crippen LogP contribution in [0.15, 0.2) is 12.2 Å². The molecule has 2 rings (SSSR count). The topological polar surface area (TPSA) is 231 Å². The van der Waals surface area contributed by atoms with Crippen molar-refractivity contribution in [2.45, 2.75) is 319 Å². The Labute approximate surface area is 441 Å². The van der Waals surface area contributed by atoms with Crippen molar-refractivity contribution in [3.05, 3.63) is 12.2 Å². The molecule has 2 fully saturated rings. The first kappa shape index (κ1) is 67.3. The number of unbranched alkanes of at least 4 members (excludes halogenated alkanes) is 32. The number of aliphatic hydroxyl groups is 7. The maximum absolute atomic E-state index is 13.0. The van der Waals surface area contributed by atoms with Crippen LogP contribution >= 0.6 is 0 Å². The molecular formula is C58H108O15. The molecule has 15 heteroatoms. The number of rotatable bonds is 48. The van der Waals surface area contributed by atoms with Crippen molar-refractivity contribution in [3.63, 3.8) is 0 Å². The lowest BCUT2D eigenvalue weighted by atomic mass is 9.98. The number of allylic oxidation sites excluding steroid dienone is 2. The van der Waals surface area contributed by atoms with Gasteiger partial charge >= 0.3 is 11.9 Å². The second-order valence-corrected chi connectivity index (χ2v) is 21.2. The minimum absolute atomic E-state index is 0.160. The zero-order valence-corrected chi connectivity index (χ0v) is 45.9. The summed E-state index contributed by atoms with van der Waals surface area (Å²) in [5.41, 5.74) is 0. The third-order valence-corrected chi connectivity index (χ3v) is 14.5. The number of hydrogen-bond donors (Lipinski definition) is 7. The molecule has 11 unspecified atom stereocenters. The Balaban J connectivity index is 1.72. The first-order valence-corrected chi connectivity index (χ1v) is 29.8. The van der Waals surface area contributed by atoms with Crippen LogP contribution in [0.3, 0.4) is 0 Å². The summed E-state index contributed by atoms with van der Waals surface area (Å²) in [5, 5.41) is 72.3. The molecule has 2 aliphatic rings. The average Bonchev–Trinajstić information content (AvgIpc) is 3.38. The molecule has 0 spiro atoms. The molecule has 73 heavy (non-hydrogen) atoms. The van der Waals surface area contributed by atoms with E-state index in [2.05, 4.69) is 26.0 Å². The first-order chi connectivity index (χ1) is 35.5. The largest absolute Gasteiger partial charge is 0.462 e. The summed E-state index contributed by atoms with van der Waals surface area (Å²) in [6, 6.07) is 0. The van der Waals surface area contributed by atoms with Crippen molar-refractivity contribution in [2.75, 3.05) is 26.4 Å². The summed E-state index contributed by atoms with van der Waals surface area (Å²) in [6.07, 6.45) is 30.9. The molecule has 2 heterocycles. The van der Waals surface area contributed by atoms with Gasteiger partial charge in [0.15, 0.2) is 18.7 Å². The smallest absolute Gasteiger partial charge is 0.306 e. The molecule has 2 aliphatic heterocycles. The number of carbonyl (C=O) groups is 2. The SMILES string of the molecule is CCCCCCCC/C=C\CCCCCCCC(=O)OC(COC(=O)CCCCCCCCCCCCCCCCCCCCCCCC)COC1OC(COC2OC(CO)C(O)C(O)C2O)C(O)C(O)C1O. The van der Waals surface area contributed by atoms with Crippen LogP contribution in [0.25, 0.3) is 0 Å². The van der Waals surface area contributed by atoms with Crippen LogP contribution in [-0.2, 0) is 38.0 Å². The van der Waals surface area contributed by atoms with Crippen molar-refractivity contribution in [1.29, 1.82) is 0 Å². The van der Waals surface area contributed by atoms with Gasteiger partial charge in [-0.2, -0.15) is 0 Å². The molecule has 0 saturated carbocycles. The highest BCUT2D eigenvalue weighted by Gasteiger charge is 2.47. The fourth-order valence-corrected chi connectivity index (χ4v) is 9.63. The predicted molar refractivity (Wildman–Crippen MR) is 285 cm³/mol. The van der Waals surface area contributed by atoms with Gasteiger partial charge in [0.2, 0.25) is 0 Å². The van der Waals surface area contributed by atoms with Crippen molar-refractivity contribution in [1.82, 2.24) is 0 Å². The zero-order chi connectivity index (χ0) is 53.2. The quantitative estimate of drug-likeness (QED) is 0.0171. The minimum Gasteiger partial charge on any atom is -0.462 e. The van der Waals surface area contributed by atoms with E-state index in [1.54, 1.807) is 0 Å². The molecule has 0 aliphatic carbocycles. The number of esters is 2. The minimum atomic E-state index is -1.76. The second kappa shape index (κ2) is 45.3. The van der Waals surface area contributed by atoms with Gasteiger partial charge in [-0.15, -0.1) is 0 Å². The summed E-state index contributed by atoms with van der Waals surface area (Å²) in [4.78, 5) is 25.9. The van der Waals surface area contributed by atoms with Gasteiger partial charge in [-0.1, -0.05) is 212 Å². The fourth-order valence-electron chi connectivity index (χ4n) is 9.63. The molecule has 11 atom stereocenters. The Hall–Kier alpha value is -1.76. The standard InChI is InChI=1S/C58H108O15/c1-3-5-7-9-11-13-15-17-19-20-21-22-23-24-25-27-28-30-32-34-36-38-40-49(60)68-43-46(71-50(61)41-39-37-35-33-31-29-26-18-16-14-12-10-8-6-4-2)44-69-57-56(67)54(65)52(63)48(73-57)45-70-58-55(66)53(64)51(62)47(42-59)72-58/h18,26,46-48,51-59,62-67H,3-17,19-25,27-45H2,1-2H3/b26-18-. The van der Waals surface area contributed by atoms with Crippen LogP contribution in [0.4, 0.5) is 0 Å². The van der Waals surface area contributed by atoms with Gasteiger partial charge in [-0.3, -0.25) is 9.59 Å². The Morgan fingerprint density at radius 1 is 0.425 bits per heavy atom. The zero-order valence-electron chi connectivity index (χ0n) is 45.9. The van der Waals surface area contributed by atoms with E-state index in [0.29, 0.717) is 12.8 Å². The van der Waals surface area contributed by atoms with Gasteiger partial charge in [0.1, 0.15) is 55.4 Å². The number of ether oxygens (including phenoxy) is 6. The lowest BCUT2D eigenvalue weighted by molar-refractivity contribution is -0.332. The van der Waals surface area contributed by atoms with Gasteiger partial charge in [-0.05, 0) is 38.5 Å². The summed E-state index contributed by atoms with van der Waals surface area (Å²) in [7, 11) is 0. The molecular weight excluding hydrogens is 937 g/mol. The highest BCUT2D eigenvalue weighted by atomic mass is 16.7. The highest BCUT2D eigenvalue weighted by molar-refractivity contribution is 5.70. The summed E-state index contributed by atoms with van der Waals surface area (Å²) in [6.45, 7) is 2.63. The molecule has 15 nitrogen and oxygen atoms in total. The number of aliphatic hydroxyl groups excluding tert-OH is 7. The van der Waals surface area contributed by atoms with Gasteiger partial charge in [-0.25, -0.2) is 0 Å². The molecule has 0 amide bonds. The monoisotopic (exact) mass is 1040 g/mol. The molecule has 430 valence electrons. The number of carbonyl (C=O) groups excluding carboxylic acids is 2. The third kappa shape index (κ3) is 32.6. The van der Waals surface area contributed by atoms with Crippen LogP contribution in [0.1, 0.15) is 251 Å². The van der Waals surface area contributed by atoms with Crippen LogP contribution < -0.4 is 0 Å². The summed E-state index contributed by atoms with van der Waals surface area (Å²) in [5.74, 6) is -0.919. The van der Waals surface area contributed by atoms with E-state index in [0.717, 1.165) is 57.8 Å².